The van der Waals surface area contributed by atoms with Crippen LogP contribution < -0.4 is 32.3 Å². The van der Waals surface area contributed by atoms with Crippen molar-refractivity contribution >= 4 is 46.9 Å². The van der Waals surface area contributed by atoms with Crippen LogP contribution >= 0.6 is 7.92 Å². The summed E-state index contributed by atoms with van der Waals surface area (Å²) in [5, 5.41) is 4.79. The third-order valence-corrected chi connectivity index (χ3v) is 7.61. The smallest absolute Gasteiger partial charge is 0.0631 e. The van der Waals surface area contributed by atoms with E-state index in [1.54, 1.807) is 32.3 Å². The molecule has 0 aliphatic carbocycles. The molecule has 0 amide bonds. The summed E-state index contributed by atoms with van der Waals surface area (Å²) in [6.07, 6.45) is 0. The van der Waals surface area contributed by atoms with E-state index in [1.807, 2.05) is 0 Å². The fraction of sp³-hybridized carbons (Fsp3) is 0. The molecule has 3 aromatic rings. The van der Waals surface area contributed by atoms with Gasteiger partial charge in [0.15, 0.2) is 0 Å². The molecule has 3 aliphatic heterocycles. The first-order valence-electron chi connectivity index (χ1n) is 7.10. The summed E-state index contributed by atoms with van der Waals surface area (Å²) in [5.41, 5.74) is 4.62. The maximum atomic E-state index is 2.35. The summed E-state index contributed by atoms with van der Waals surface area (Å²) >= 11 is 0. The molecular weight excluding hydrogens is 258 g/mol. The monoisotopic (exact) mass is 271 g/mol. The van der Waals surface area contributed by atoms with E-state index in [2.05, 4.69) is 72.8 Å². The fourth-order valence-corrected chi connectivity index (χ4v) is 7.08. The van der Waals surface area contributed by atoms with E-state index in [0.717, 1.165) is 0 Å². The Kier molecular flexibility index (Phi) is 2.09. The van der Waals surface area contributed by atoms with E-state index in [0.29, 0.717) is 6.71 Å². The predicted octanol–water partition coefficient (Wildman–Crippen LogP) is 0.320. The highest BCUT2D eigenvalue weighted by molar-refractivity contribution is 7.83. The van der Waals surface area contributed by atoms with Gasteiger partial charge in [0, 0.05) is 0 Å². The first-order chi connectivity index (χ1) is 9.95. The van der Waals surface area contributed by atoms with Crippen LogP contribution in [-0.2, 0) is 0 Å². The van der Waals surface area contributed by atoms with Gasteiger partial charge in [-0.25, -0.2) is 0 Å². The van der Waals surface area contributed by atoms with Crippen molar-refractivity contribution in [2.24, 2.45) is 0 Å². The maximum absolute atomic E-state index is 2.35. The summed E-state index contributed by atoms with van der Waals surface area (Å²) in [7, 11) is -0.792. The predicted molar refractivity (Wildman–Crippen MR) is 91.2 cm³/mol. The van der Waals surface area contributed by atoms with Crippen molar-refractivity contribution in [3.8, 4) is 0 Å². The van der Waals surface area contributed by atoms with Gasteiger partial charge in [-0.15, -0.1) is 0 Å². The first-order valence-corrected chi connectivity index (χ1v) is 8.60. The van der Waals surface area contributed by atoms with Crippen LogP contribution in [0.15, 0.2) is 72.8 Å². The minimum Gasteiger partial charge on any atom is -0.0631 e. The standard InChI is InChI=1S/C18H12BP/c1-4-10-16-13(7-1)19-14-8-2-5-11-17(14)20(16)18-12-6-3-9-15(18)19/h1-12H/p+1. The van der Waals surface area contributed by atoms with Crippen LogP contribution in [-0.4, -0.2) is 6.71 Å². The summed E-state index contributed by atoms with van der Waals surface area (Å²) in [5.74, 6) is 0. The van der Waals surface area contributed by atoms with Gasteiger partial charge in [0.1, 0.15) is 0 Å². The molecule has 0 saturated carbocycles. The molecule has 3 heterocycles. The molecule has 0 atom stereocenters. The normalized spacial score (nSPS) is 14.7. The Balaban J connectivity index is 1.93. The fourth-order valence-electron chi connectivity index (χ4n) is 3.87. The van der Waals surface area contributed by atoms with Crippen molar-refractivity contribution in [2.75, 3.05) is 0 Å². The Morgan fingerprint density at radius 2 is 0.850 bits per heavy atom. The molecule has 0 nitrogen and oxygen atoms in total. The van der Waals surface area contributed by atoms with Crippen LogP contribution in [0.1, 0.15) is 0 Å². The minimum atomic E-state index is -0.792. The molecule has 0 aromatic heterocycles. The van der Waals surface area contributed by atoms with E-state index < -0.39 is 7.92 Å². The topological polar surface area (TPSA) is 0 Å². The van der Waals surface area contributed by atoms with Crippen molar-refractivity contribution < 1.29 is 0 Å². The van der Waals surface area contributed by atoms with E-state index in [1.165, 1.54) is 0 Å². The molecule has 0 fully saturated rings. The summed E-state index contributed by atoms with van der Waals surface area (Å²) < 4.78 is 0. The van der Waals surface area contributed by atoms with Gasteiger partial charge in [-0.05, 0) is 34.6 Å². The number of hydrogen-bond acceptors (Lipinski definition) is 0. The van der Waals surface area contributed by atoms with Crippen molar-refractivity contribution in [1.29, 1.82) is 0 Å². The first kappa shape index (κ1) is 10.9. The molecule has 92 valence electrons. The lowest BCUT2D eigenvalue weighted by atomic mass is 9.36. The van der Waals surface area contributed by atoms with E-state index in [-0.39, 0.29) is 0 Å². The van der Waals surface area contributed by atoms with Crippen molar-refractivity contribution in [3.63, 3.8) is 0 Å². The molecule has 2 heteroatoms. The van der Waals surface area contributed by atoms with Gasteiger partial charge >= 0.3 is 0 Å². The van der Waals surface area contributed by atoms with E-state index in [9.17, 15) is 0 Å². The zero-order chi connectivity index (χ0) is 13.1. The summed E-state index contributed by atoms with van der Waals surface area (Å²) in [6.45, 7) is 0.445. The zero-order valence-electron chi connectivity index (χ0n) is 11.0. The maximum Gasteiger partial charge on any atom is 0.256 e. The molecular formula is C18H13BP+. The van der Waals surface area contributed by atoms with Crippen molar-refractivity contribution in [1.82, 2.24) is 0 Å². The van der Waals surface area contributed by atoms with Gasteiger partial charge in [0.05, 0.1) is 23.8 Å². The van der Waals surface area contributed by atoms with Crippen LogP contribution in [0.3, 0.4) is 0 Å². The molecule has 0 saturated heterocycles. The van der Waals surface area contributed by atoms with Crippen LogP contribution in [0.25, 0.3) is 0 Å². The van der Waals surface area contributed by atoms with Crippen molar-refractivity contribution in [2.45, 2.75) is 0 Å². The van der Waals surface area contributed by atoms with Gasteiger partial charge < -0.3 is 0 Å². The summed E-state index contributed by atoms with van der Waals surface area (Å²) in [6, 6.07) is 27.2. The SMILES string of the molecule is c1ccc2c(c1)B1c3ccccc3[PH+]2c2ccccc21. The quantitative estimate of drug-likeness (QED) is 0.281. The Labute approximate surface area is 120 Å². The second kappa shape index (κ2) is 3.84. The highest BCUT2D eigenvalue weighted by Gasteiger charge is 2.48. The Morgan fingerprint density at radius 1 is 0.500 bits per heavy atom. The van der Waals surface area contributed by atoms with Gasteiger partial charge in [-0.1, -0.05) is 54.6 Å². The Morgan fingerprint density at radius 3 is 1.25 bits per heavy atom. The minimum absolute atomic E-state index is 0.445. The molecule has 3 aliphatic rings. The van der Waals surface area contributed by atoms with Crippen LogP contribution in [0.5, 0.6) is 0 Å². The van der Waals surface area contributed by atoms with Gasteiger partial charge in [-0.3, -0.25) is 0 Å². The molecule has 20 heavy (non-hydrogen) atoms. The van der Waals surface area contributed by atoms with Crippen molar-refractivity contribution in [3.05, 3.63) is 72.8 Å². The molecule has 2 bridgehead atoms. The van der Waals surface area contributed by atoms with E-state index in [4.69, 9.17) is 0 Å². The summed E-state index contributed by atoms with van der Waals surface area (Å²) in [4.78, 5) is 0. The number of hydrogen-bond donors (Lipinski definition) is 0. The molecule has 0 spiro atoms. The van der Waals surface area contributed by atoms with Crippen LogP contribution in [0.4, 0.5) is 0 Å². The second-order valence-electron chi connectivity index (χ2n) is 5.57. The lowest BCUT2D eigenvalue weighted by molar-refractivity contribution is 1.73. The number of benzene rings is 3. The van der Waals surface area contributed by atoms with Gasteiger partial charge in [-0.2, -0.15) is 0 Å². The lowest BCUT2D eigenvalue weighted by Gasteiger charge is -2.34. The molecule has 0 N–H and O–H groups in total. The number of rotatable bonds is 0. The van der Waals surface area contributed by atoms with Crippen LogP contribution in [0.2, 0.25) is 0 Å². The molecule has 0 radical (unpaired) electrons. The van der Waals surface area contributed by atoms with E-state index >= 15 is 0 Å². The lowest BCUT2D eigenvalue weighted by Crippen LogP contribution is -2.71. The molecule has 0 unspecified atom stereocenters. The third-order valence-electron chi connectivity index (χ3n) is 4.62. The Hall–Kier alpha value is -1.85. The van der Waals surface area contributed by atoms with Gasteiger partial charge in [0.25, 0.3) is 6.71 Å². The third kappa shape index (κ3) is 1.22. The molecule has 3 aromatic carbocycles. The van der Waals surface area contributed by atoms with Gasteiger partial charge in [0.2, 0.25) is 0 Å². The second-order valence-corrected chi connectivity index (χ2v) is 7.94. The van der Waals surface area contributed by atoms with Crippen LogP contribution in [0, 0.1) is 0 Å². The highest BCUT2D eigenvalue weighted by atomic mass is 31.1. The highest BCUT2D eigenvalue weighted by Crippen LogP contribution is 2.35. The average molecular weight is 271 g/mol. The molecule has 6 rings (SSSR count). The average Bonchev–Trinajstić information content (AvgIpc) is 2.54. The largest absolute Gasteiger partial charge is 0.256 e. The zero-order valence-corrected chi connectivity index (χ0v) is 12.0. The Bertz CT molecular complexity index is 658.